The fraction of sp³-hybridized carbons (Fsp3) is 0.933. The Hall–Kier alpha value is -0.650. The Labute approximate surface area is 122 Å². The fourth-order valence-electron chi connectivity index (χ4n) is 2.86. The van der Waals surface area contributed by atoms with Gasteiger partial charge >= 0.3 is 5.97 Å². The number of aliphatic carboxylic acids is 1. The molecular weight excluding hydrogens is 256 g/mol. The van der Waals surface area contributed by atoms with Crippen molar-refractivity contribution in [2.75, 3.05) is 26.2 Å². The van der Waals surface area contributed by atoms with Gasteiger partial charge in [-0.05, 0) is 46.2 Å². The van der Waals surface area contributed by atoms with Gasteiger partial charge in [-0.25, -0.2) is 0 Å². The first-order valence-corrected chi connectivity index (χ1v) is 7.77. The highest BCUT2D eigenvalue weighted by atomic mass is 16.5. The van der Waals surface area contributed by atoms with Crippen molar-refractivity contribution < 1.29 is 14.6 Å². The first-order valence-electron chi connectivity index (χ1n) is 7.77. The largest absolute Gasteiger partial charge is 0.480 e. The average Bonchev–Trinajstić information content (AvgIpc) is 2.39. The van der Waals surface area contributed by atoms with E-state index in [0.717, 1.165) is 32.5 Å². The van der Waals surface area contributed by atoms with Crippen LogP contribution >= 0.6 is 0 Å². The minimum atomic E-state index is -0.811. The zero-order valence-electron chi connectivity index (χ0n) is 13.3. The average molecular weight is 286 g/mol. The van der Waals surface area contributed by atoms with Crippen molar-refractivity contribution in [1.82, 2.24) is 10.2 Å². The number of nitrogens with one attached hydrogen (secondary N) is 1. The topological polar surface area (TPSA) is 61.8 Å². The second-order valence-corrected chi connectivity index (χ2v) is 5.97. The highest BCUT2D eigenvalue weighted by Gasteiger charge is 2.32. The van der Waals surface area contributed by atoms with Crippen LogP contribution in [0.1, 0.15) is 47.0 Å². The van der Waals surface area contributed by atoms with Gasteiger partial charge in [0.25, 0.3) is 0 Å². The van der Waals surface area contributed by atoms with E-state index in [0.29, 0.717) is 19.0 Å². The number of hydrogen-bond acceptors (Lipinski definition) is 4. The van der Waals surface area contributed by atoms with Gasteiger partial charge in [0.1, 0.15) is 5.54 Å². The van der Waals surface area contributed by atoms with E-state index in [4.69, 9.17) is 4.74 Å². The third kappa shape index (κ3) is 4.72. The Kier molecular flexibility index (Phi) is 6.92. The second kappa shape index (κ2) is 7.96. The van der Waals surface area contributed by atoms with E-state index >= 15 is 0 Å². The van der Waals surface area contributed by atoms with Crippen molar-refractivity contribution in [1.29, 1.82) is 0 Å². The van der Waals surface area contributed by atoms with Gasteiger partial charge in [0.15, 0.2) is 0 Å². The molecule has 20 heavy (non-hydrogen) atoms. The Morgan fingerprint density at radius 3 is 2.75 bits per heavy atom. The van der Waals surface area contributed by atoms with Crippen molar-refractivity contribution in [3.8, 4) is 0 Å². The van der Waals surface area contributed by atoms with Crippen LogP contribution in [-0.4, -0.2) is 59.9 Å². The molecule has 118 valence electrons. The molecule has 0 aromatic rings. The number of carbonyl (C=O) groups is 1. The molecule has 5 nitrogen and oxygen atoms in total. The quantitative estimate of drug-likeness (QED) is 0.711. The fourth-order valence-corrected chi connectivity index (χ4v) is 2.86. The molecule has 1 heterocycles. The lowest BCUT2D eigenvalue weighted by atomic mass is 9.95. The summed E-state index contributed by atoms with van der Waals surface area (Å²) >= 11 is 0. The first-order chi connectivity index (χ1) is 9.42. The van der Waals surface area contributed by atoms with Gasteiger partial charge in [-0.2, -0.15) is 0 Å². The number of likely N-dealkylation sites (N-methyl/N-ethyl adjacent to an activating group) is 1. The molecule has 3 unspecified atom stereocenters. The van der Waals surface area contributed by atoms with Gasteiger partial charge < -0.3 is 15.2 Å². The number of carboxylic acid groups (broad SMARTS) is 1. The first kappa shape index (κ1) is 17.4. The maximum absolute atomic E-state index is 11.4. The number of ether oxygens (including phenoxy) is 1. The van der Waals surface area contributed by atoms with Crippen molar-refractivity contribution in [2.24, 2.45) is 0 Å². The minimum Gasteiger partial charge on any atom is -0.480 e. The smallest absolute Gasteiger partial charge is 0.323 e. The standard InChI is InChI=1S/C15H30N2O3/c1-5-13-11-20-12(3)10-17(13)9-7-8-15(4,14(18)19)16-6-2/h12-13,16H,5-11H2,1-4H3,(H,18,19). The van der Waals surface area contributed by atoms with E-state index < -0.39 is 11.5 Å². The zero-order valence-corrected chi connectivity index (χ0v) is 13.3. The SMILES string of the molecule is CCNC(C)(CCCN1CC(C)OCC1CC)C(=O)O. The van der Waals surface area contributed by atoms with Crippen LogP contribution < -0.4 is 5.32 Å². The molecule has 0 bridgehead atoms. The second-order valence-electron chi connectivity index (χ2n) is 5.97. The molecule has 0 saturated carbocycles. The van der Waals surface area contributed by atoms with Crippen LogP contribution in [-0.2, 0) is 9.53 Å². The number of rotatable bonds is 8. The lowest BCUT2D eigenvalue weighted by molar-refractivity contribution is -0.144. The maximum Gasteiger partial charge on any atom is 0.323 e. The van der Waals surface area contributed by atoms with E-state index in [-0.39, 0.29) is 6.10 Å². The molecule has 0 aromatic carbocycles. The normalized spacial score (nSPS) is 27.2. The summed E-state index contributed by atoms with van der Waals surface area (Å²) in [4.78, 5) is 13.8. The number of carboxylic acids is 1. The molecule has 1 saturated heterocycles. The van der Waals surface area contributed by atoms with E-state index in [1.165, 1.54) is 0 Å². The Morgan fingerprint density at radius 1 is 1.50 bits per heavy atom. The molecule has 0 radical (unpaired) electrons. The van der Waals surface area contributed by atoms with Crippen LogP contribution in [0.25, 0.3) is 0 Å². The highest BCUT2D eigenvalue weighted by molar-refractivity contribution is 5.78. The molecule has 1 fully saturated rings. The number of nitrogens with zero attached hydrogens (tertiary/aromatic N) is 1. The molecule has 0 amide bonds. The molecule has 3 atom stereocenters. The molecule has 0 aromatic heterocycles. The predicted octanol–water partition coefficient (Wildman–Crippen LogP) is 1.72. The Morgan fingerprint density at radius 2 is 2.20 bits per heavy atom. The van der Waals surface area contributed by atoms with Crippen LogP contribution in [0, 0.1) is 0 Å². The lowest BCUT2D eigenvalue weighted by Crippen LogP contribution is -2.51. The molecule has 2 N–H and O–H groups in total. The summed E-state index contributed by atoms with van der Waals surface area (Å²) in [6.45, 7) is 11.4. The highest BCUT2D eigenvalue weighted by Crippen LogP contribution is 2.18. The predicted molar refractivity (Wildman–Crippen MR) is 80.0 cm³/mol. The van der Waals surface area contributed by atoms with Crippen molar-refractivity contribution in [2.45, 2.75) is 64.6 Å². The lowest BCUT2D eigenvalue weighted by Gasteiger charge is -2.38. The summed E-state index contributed by atoms with van der Waals surface area (Å²) in [6.07, 6.45) is 2.89. The Balaban J connectivity index is 2.46. The zero-order chi connectivity index (χ0) is 15.2. The van der Waals surface area contributed by atoms with Crippen LogP contribution in [0.3, 0.4) is 0 Å². The van der Waals surface area contributed by atoms with Gasteiger partial charge in [0.2, 0.25) is 0 Å². The maximum atomic E-state index is 11.4. The molecule has 0 spiro atoms. The van der Waals surface area contributed by atoms with Crippen LogP contribution in [0.5, 0.6) is 0 Å². The van der Waals surface area contributed by atoms with E-state index in [1.807, 2.05) is 6.92 Å². The van der Waals surface area contributed by atoms with Gasteiger partial charge in [-0.1, -0.05) is 13.8 Å². The molecule has 1 rings (SSSR count). The minimum absolute atomic E-state index is 0.275. The monoisotopic (exact) mass is 286 g/mol. The summed E-state index contributed by atoms with van der Waals surface area (Å²) in [6, 6.07) is 0.474. The molecule has 5 heteroatoms. The van der Waals surface area contributed by atoms with Crippen molar-refractivity contribution >= 4 is 5.97 Å². The summed E-state index contributed by atoms with van der Waals surface area (Å²) in [5, 5.41) is 12.4. The molecular formula is C15H30N2O3. The third-order valence-electron chi connectivity index (χ3n) is 4.21. The van der Waals surface area contributed by atoms with E-state index in [9.17, 15) is 9.90 Å². The number of hydrogen-bond donors (Lipinski definition) is 2. The van der Waals surface area contributed by atoms with E-state index in [1.54, 1.807) is 6.92 Å². The van der Waals surface area contributed by atoms with Crippen LogP contribution in [0.2, 0.25) is 0 Å². The van der Waals surface area contributed by atoms with Gasteiger partial charge in [-0.3, -0.25) is 9.69 Å². The van der Waals surface area contributed by atoms with Gasteiger partial charge in [0.05, 0.1) is 12.7 Å². The summed E-state index contributed by atoms with van der Waals surface area (Å²) < 4.78 is 5.69. The summed E-state index contributed by atoms with van der Waals surface area (Å²) in [5.74, 6) is -0.762. The van der Waals surface area contributed by atoms with Crippen LogP contribution in [0.15, 0.2) is 0 Å². The van der Waals surface area contributed by atoms with Crippen molar-refractivity contribution in [3.05, 3.63) is 0 Å². The summed E-state index contributed by atoms with van der Waals surface area (Å²) in [7, 11) is 0. The summed E-state index contributed by atoms with van der Waals surface area (Å²) in [5.41, 5.74) is -0.811. The third-order valence-corrected chi connectivity index (χ3v) is 4.21. The van der Waals surface area contributed by atoms with Crippen LogP contribution in [0.4, 0.5) is 0 Å². The van der Waals surface area contributed by atoms with Gasteiger partial charge in [0, 0.05) is 12.6 Å². The van der Waals surface area contributed by atoms with Gasteiger partial charge in [-0.15, -0.1) is 0 Å². The molecule has 1 aliphatic heterocycles. The number of morpholine rings is 1. The molecule has 0 aliphatic carbocycles. The molecule has 1 aliphatic rings. The van der Waals surface area contributed by atoms with E-state index in [2.05, 4.69) is 24.1 Å². The Bertz CT molecular complexity index is 311. The van der Waals surface area contributed by atoms with Crippen molar-refractivity contribution in [3.63, 3.8) is 0 Å².